The second-order valence-corrected chi connectivity index (χ2v) is 8.24. The molecule has 2 N–H and O–H groups in total. The highest BCUT2D eigenvalue weighted by Crippen LogP contribution is 2.23. The third-order valence-corrected chi connectivity index (χ3v) is 6.04. The summed E-state index contributed by atoms with van der Waals surface area (Å²) >= 11 is 6.16. The molecule has 2 saturated heterocycles. The Morgan fingerprint density at radius 1 is 1.29 bits per heavy atom. The van der Waals surface area contributed by atoms with Gasteiger partial charge in [-0.2, -0.15) is 0 Å². The van der Waals surface area contributed by atoms with Gasteiger partial charge in [0.1, 0.15) is 6.10 Å². The third-order valence-electron chi connectivity index (χ3n) is 5.80. The Kier molecular flexibility index (Phi) is 8.85. The first-order valence-corrected chi connectivity index (χ1v) is 11.2. The van der Waals surface area contributed by atoms with Crippen LogP contribution < -0.4 is 5.32 Å². The predicted molar refractivity (Wildman–Crippen MR) is 136 cm³/mol. The van der Waals surface area contributed by atoms with E-state index < -0.39 is 0 Å². The summed E-state index contributed by atoms with van der Waals surface area (Å²) in [6, 6.07) is 5.91. The van der Waals surface area contributed by atoms with Gasteiger partial charge in [0.05, 0.1) is 0 Å². The number of aromatic nitrogens is 1. The number of halogens is 2. The van der Waals surface area contributed by atoms with Crippen LogP contribution in [0, 0.1) is 0 Å². The van der Waals surface area contributed by atoms with E-state index in [-0.39, 0.29) is 36.0 Å². The maximum atomic E-state index is 12.6. The van der Waals surface area contributed by atoms with Crippen LogP contribution in [0.5, 0.6) is 0 Å². The monoisotopic (exact) mass is 559 g/mol. The number of amides is 1. The number of nitrogens with one attached hydrogen (secondary N) is 2. The van der Waals surface area contributed by atoms with Crippen LogP contribution in [0.25, 0.3) is 10.9 Å². The number of H-pyrrole nitrogens is 1. The van der Waals surface area contributed by atoms with Crippen molar-refractivity contribution in [3.05, 3.63) is 35.0 Å². The first-order valence-electron chi connectivity index (χ1n) is 10.8. The number of carbonyl (C=O) groups excluding carboxylic acids is 1. The molecule has 9 heteroatoms. The van der Waals surface area contributed by atoms with Crippen molar-refractivity contribution in [2.24, 2.45) is 4.99 Å². The molecule has 2 fully saturated rings. The Morgan fingerprint density at radius 3 is 2.77 bits per heavy atom. The normalized spacial score (nSPS) is 19.5. The molecule has 3 heterocycles. The minimum atomic E-state index is -0.233. The molecule has 0 aliphatic carbocycles. The van der Waals surface area contributed by atoms with Crippen molar-refractivity contribution in [3.63, 3.8) is 0 Å². The van der Waals surface area contributed by atoms with Crippen LogP contribution in [0.15, 0.2) is 29.4 Å². The van der Waals surface area contributed by atoms with E-state index >= 15 is 0 Å². The molecule has 7 nitrogen and oxygen atoms in total. The largest absolute Gasteiger partial charge is 0.368 e. The van der Waals surface area contributed by atoms with Crippen LogP contribution in [0.2, 0.25) is 5.02 Å². The van der Waals surface area contributed by atoms with Gasteiger partial charge in [0.25, 0.3) is 5.91 Å². The molecule has 1 aromatic carbocycles. The zero-order chi connectivity index (χ0) is 20.9. The number of aliphatic imine (C=N–C) groups is 1. The van der Waals surface area contributed by atoms with Crippen molar-refractivity contribution in [3.8, 4) is 0 Å². The van der Waals surface area contributed by atoms with Crippen LogP contribution in [-0.2, 0) is 16.0 Å². The van der Waals surface area contributed by atoms with Crippen LogP contribution in [0.1, 0.15) is 25.3 Å². The molecule has 0 saturated carbocycles. The van der Waals surface area contributed by atoms with Crippen molar-refractivity contribution in [2.75, 3.05) is 45.9 Å². The number of fused-ring (bicyclic) bond motifs is 1. The van der Waals surface area contributed by atoms with Crippen LogP contribution in [0.3, 0.4) is 0 Å². The van der Waals surface area contributed by atoms with Gasteiger partial charge in [-0.1, -0.05) is 11.6 Å². The van der Waals surface area contributed by atoms with Crippen molar-refractivity contribution >= 4 is 58.3 Å². The maximum absolute atomic E-state index is 12.6. The van der Waals surface area contributed by atoms with Gasteiger partial charge in [-0.25, -0.2) is 0 Å². The number of rotatable bonds is 5. The topological polar surface area (TPSA) is 73.0 Å². The lowest BCUT2D eigenvalue weighted by atomic mass is 10.1. The lowest BCUT2D eigenvalue weighted by Crippen LogP contribution is -2.55. The Labute approximate surface area is 205 Å². The first kappa shape index (κ1) is 24.1. The summed E-state index contributed by atoms with van der Waals surface area (Å²) < 4.78 is 5.56. The Balaban J connectivity index is 0.00000272. The second-order valence-electron chi connectivity index (χ2n) is 7.80. The van der Waals surface area contributed by atoms with Gasteiger partial charge in [-0.05, 0) is 49.9 Å². The quantitative estimate of drug-likeness (QED) is 0.335. The fourth-order valence-electron chi connectivity index (χ4n) is 4.18. The van der Waals surface area contributed by atoms with Gasteiger partial charge in [-0.3, -0.25) is 9.79 Å². The van der Waals surface area contributed by atoms with Crippen molar-refractivity contribution in [2.45, 2.75) is 32.3 Å². The molecule has 1 amide bonds. The zero-order valence-electron chi connectivity index (χ0n) is 17.9. The average Bonchev–Trinajstić information content (AvgIpc) is 3.43. The molecule has 0 bridgehead atoms. The van der Waals surface area contributed by atoms with Gasteiger partial charge in [0.15, 0.2) is 5.96 Å². The lowest BCUT2D eigenvalue weighted by molar-refractivity contribution is -0.142. The number of piperazine rings is 1. The van der Waals surface area contributed by atoms with E-state index in [4.69, 9.17) is 21.3 Å². The number of nitrogens with zero attached hydrogens (tertiary/aromatic N) is 3. The third kappa shape index (κ3) is 5.84. The van der Waals surface area contributed by atoms with Gasteiger partial charge in [0, 0.05) is 68.0 Å². The number of benzene rings is 1. The highest BCUT2D eigenvalue weighted by Gasteiger charge is 2.30. The lowest BCUT2D eigenvalue weighted by Gasteiger charge is -2.37. The summed E-state index contributed by atoms with van der Waals surface area (Å²) in [5, 5.41) is 5.30. The van der Waals surface area contributed by atoms with E-state index in [0.29, 0.717) is 26.2 Å². The zero-order valence-corrected chi connectivity index (χ0v) is 21.0. The van der Waals surface area contributed by atoms with Gasteiger partial charge >= 0.3 is 0 Å². The molecule has 31 heavy (non-hydrogen) atoms. The van der Waals surface area contributed by atoms with E-state index in [1.165, 1.54) is 5.56 Å². The average molecular weight is 560 g/mol. The molecule has 1 unspecified atom stereocenters. The Bertz CT molecular complexity index is 904. The summed E-state index contributed by atoms with van der Waals surface area (Å²) in [5.74, 6) is 1.06. The van der Waals surface area contributed by atoms with E-state index in [1.54, 1.807) is 0 Å². The maximum Gasteiger partial charge on any atom is 0.251 e. The van der Waals surface area contributed by atoms with Crippen molar-refractivity contribution in [1.82, 2.24) is 20.1 Å². The van der Waals surface area contributed by atoms with Crippen molar-refractivity contribution < 1.29 is 9.53 Å². The summed E-state index contributed by atoms with van der Waals surface area (Å²) in [6.45, 7) is 7.28. The standard InChI is InChI=1S/C22H30ClN5O2.HI/c1-2-24-22(25-8-7-16-15-26-19-6-5-17(23)14-18(16)19)28-11-9-27(10-12-28)21(29)20-4-3-13-30-20;/h5-6,14-15,20,26H,2-4,7-13H2,1H3,(H,24,25);1H. The van der Waals surface area contributed by atoms with Gasteiger partial charge < -0.3 is 24.8 Å². The molecule has 170 valence electrons. The summed E-state index contributed by atoms with van der Waals surface area (Å²) in [4.78, 5) is 24.9. The minimum absolute atomic E-state index is 0. The number of hydrogen-bond donors (Lipinski definition) is 2. The summed E-state index contributed by atoms with van der Waals surface area (Å²) in [5.41, 5.74) is 2.32. The van der Waals surface area contributed by atoms with Gasteiger partial charge in [0.2, 0.25) is 0 Å². The van der Waals surface area contributed by atoms with E-state index in [2.05, 4.69) is 22.1 Å². The first-order chi connectivity index (χ1) is 14.7. The molecule has 2 aliphatic heterocycles. The SMILES string of the molecule is CCNC(=NCCc1c[nH]c2ccc(Cl)cc12)N1CCN(C(=O)C2CCCO2)CC1.I. The van der Waals surface area contributed by atoms with Crippen LogP contribution in [0.4, 0.5) is 0 Å². The summed E-state index contributed by atoms with van der Waals surface area (Å²) in [6.07, 6.45) is 4.48. The minimum Gasteiger partial charge on any atom is -0.368 e. The number of aromatic amines is 1. The molecule has 1 aromatic heterocycles. The molecular weight excluding hydrogens is 529 g/mol. The molecule has 1 atom stereocenters. The van der Waals surface area contributed by atoms with Crippen molar-refractivity contribution in [1.29, 1.82) is 0 Å². The Morgan fingerprint density at radius 2 is 2.06 bits per heavy atom. The summed E-state index contributed by atoms with van der Waals surface area (Å²) in [7, 11) is 0. The molecule has 0 spiro atoms. The van der Waals surface area contributed by atoms with Crippen LogP contribution >= 0.6 is 35.6 Å². The molecular formula is C22H31ClIN5O2. The molecule has 4 rings (SSSR count). The van der Waals surface area contributed by atoms with E-state index in [1.807, 2.05) is 29.3 Å². The molecule has 2 aliphatic rings. The number of carbonyl (C=O) groups is 1. The second kappa shape index (κ2) is 11.4. The highest BCUT2D eigenvalue weighted by molar-refractivity contribution is 14.0. The fraction of sp³-hybridized carbons (Fsp3) is 0.545. The van der Waals surface area contributed by atoms with Gasteiger partial charge in [-0.15, -0.1) is 24.0 Å². The van der Waals surface area contributed by atoms with E-state index in [9.17, 15) is 4.79 Å². The highest BCUT2D eigenvalue weighted by atomic mass is 127. The predicted octanol–water partition coefficient (Wildman–Crippen LogP) is 3.27. The number of hydrogen-bond acceptors (Lipinski definition) is 3. The number of guanidine groups is 1. The Hall–Kier alpha value is -1.52. The smallest absolute Gasteiger partial charge is 0.251 e. The van der Waals surface area contributed by atoms with E-state index in [0.717, 1.165) is 60.8 Å². The molecule has 0 radical (unpaired) electrons. The molecule has 2 aromatic rings. The van der Waals surface area contributed by atoms with Crippen LogP contribution in [-0.4, -0.2) is 78.6 Å². The fourth-order valence-corrected chi connectivity index (χ4v) is 4.35. The number of ether oxygens (including phenoxy) is 1.